The number of hydrogen-bond donors (Lipinski definition) is 1. The van der Waals surface area contributed by atoms with E-state index in [0.717, 1.165) is 6.08 Å². The van der Waals surface area contributed by atoms with E-state index < -0.39 is 0 Å². The molecule has 0 radical (unpaired) electrons. The Balaban J connectivity index is 2.76. The first-order valence-corrected chi connectivity index (χ1v) is 4.43. The predicted molar refractivity (Wildman–Crippen MR) is 58.2 cm³/mol. The standard InChI is InChI=1S/C12H12O3/c1-15-8-7-11(13)9-12(14)10-5-3-2-4-6-10/h2-9,14H,1H3/b8-7-,12-9-. The molecule has 0 aliphatic carbocycles. The Kier molecular flexibility index (Phi) is 4.16. The smallest absolute Gasteiger partial charge is 0.185 e. The van der Waals surface area contributed by atoms with Gasteiger partial charge in [0, 0.05) is 17.7 Å². The van der Waals surface area contributed by atoms with Crippen LogP contribution < -0.4 is 0 Å². The van der Waals surface area contributed by atoms with Gasteiger partial charge < -0.3 is 9.84 Å². The zero-order chi connectivity index (χ0) is 11.1. The van der Waals surface area contributed by atoms with Crippen LogP contribution in [0.25, 0.3) is 5.76 Å². The number of rotatable bonds is 4. The summed E-state index contributed by atoms with van der Waals surface area (Å²) in [6, 6.07) is 8.85. The molecule has 78 valence electrons. The van der Waals surface area contributed by atoms with Gasteiger partial charge >= 0.3 is 0 Å². The second-order valence-electron chi connectivity index (χ2n) is 2.84. The van der Waals surface area contributed by atoms with Crippen LogP contribution in [0.2, 0.25) is 0 Å². The first-order valence-electron chi connectivity index (χ1n) is 4.43. The molecule has 0 bridgehead atoms. The van der Waals surface area contributed by atoms with Crippen molar-refractivity contribution < 1.29 is 14.6 Å². The number of carbonyl (C=O) groups excluding carboxylic acids is 1. The lowest BCUT2D eigenvalue weighted by molar-refractivity contribution is -0.110. The van der Waals surface area contributed by atoms with Crippen LogP contribution in [0.1, 0.15) is 5.56 Å². The molecule has 0 spiro atoms. The van der Waals surface area contributed by atoms with E-state index in [4.69, 9.17) is 0 Å². The van der Waals surface area contributed by atoms with Crippen molar-refractivity contribution in [1.82, 2.24) is 0 Å². The molecular formula is C12H12O3. The van der Waals surface area contributed by atoms with E-state index >= 15 is 0 Å². The summed E-state index contributed by atoms with van der Waals surface area (Å²) in [6.07, 6.45) is 3.64. The Bertz CT molecular complexity index is 377. The lowest BCUT2D eigenvalue weighted by Crippen LogP contribution is -1.90. The van der Waals surface area contributed by atoms with Crippen molar-refractivity contribution in [2.24, 2.45) is 0 Å². The monoisotopic (exact) mass is 204 g/mol. The van der Waals surface area contributed by atoms with E-state index in [1.54, 1.807) is 24.3 Å². The molecule has 0 saturated heterocycles. The number of methoxy groups -OCH3 is 1. The summed E-state index contributed by atoms with van der Waals surface area (Å²) in [5, 5.41) is 9.56. The summed E-state index contributed by atoms with van der Waals surface area (Å²) in [5.74, 6) is -0.375. The Morgan fingerprint density at radius 3 is 2.60 bits per heavy atom. The fourth-order valence-corrected chi connectivity index (χ4v) is 1.01. The molecule has 0 amide bonds. The van der Waals surface area contributed by atoms with Gasteiger partial charge in [-0.15, -0.1) is 0 Å². The van der Waals surface area contributed by atoms with Crippen LogP contribution >= 0.6 is 0 Å². The molecular weight excluding hydrogens is 192 g/mol. The molecule has 0 saturated carbocycles. The van der Waals surface area contributed by atoms with E-state index in [1.165, 1.54) is 19.4 Å². The molecule has 1 aromatic rings. The van der Waals surface area contributed by atoms with Crippen LogP contribution in [-0.2, 0) is 9.53 Å². The number of allylic oxidation sites excluding steroid dienone is 2. The maximum absolute atomic E-state index is 11.2. The van der Waals surface area contributed by atoms with Crippen LogP contribution in [0, 0.1) is 0 Å². The Morgan fingerprint density at radius 2 is 2.00 bits per heavy atom. The summed E-state index contributed by atoms with van der Waals surface area (Å²) in [7, 11) is 1.45. The third-order valence-corrected chi connectivity index (χ3v) is 1.72. The predicted octanol–water partition coefficient (Wildman–Crippen LogP) is 2.31. The van der Waals surface area contributed by atoms with Crippen molar-refractivity contribution in [3.8, 4) is 0 Å². The molecule has 1 rings (SSSR count). The van der Waals surface area contributed by atoms with Crippen molar-refractivity contribution in [2.45, 2.75) is 0 Å². The van der Waals surface area contributed by atoms with Crippen molar-refractivity contribution in [3.63, 3.8) is 0 Å². The topological polar surface area (TPSA) is 46.5 Å². The largest absolute Gasteiger partial charge is 0.507 e. The lowest BCUT2D eigenvalue weighted by Gasteiger charge is -1.97. The van der Waals surface area contributed by atoms with Gasteiger partial charge in [-0.1, -0.05) is 30.3 Å². The molecule has 0 aromatic heterocycles. The summed E-state index contributed by atoms with van der Waals surface area (Å²) in [6.45, 7) is 0. The Morgan fingerprint density at radius 1 is 1.33 bits per heavy atom. The van der Waals surface area contributed by atoms with E-state index in [1.807, 2.05) is 6.07 Å². The zero-order valence-electron chi connectivity index (χ0n) is 8.38. The normalized spacial score (nSPS) is 11.7. The minimum Gasteiger partial charge on any atom is -0.507 e. The van der Waals surface area contributed by atoms with Crippen LogP contribution in [-0.4, -0.2) is 18.0 Å². The number of ketones is 1. The number of carbonyl (C=O) groups is 1. The highest BCUT2D eigenvalue weighted by Gasteiger charge is 1.99. The van der Waals surface area contributed by atoms with Crippen LogP contribution in [0.4, 0.5) is 0 Å². The second kappa shape index (κ2) is 5.65. The number of ether oxygens (including phenoxy) is 1. The third kappa shape index (κ3) is 3.68. The molecule has 0 fully saturated rings. The molecule has 1 aromatic carbocycles. The maximum Gasteiger partial charge on any atom is 0.185 e. The van der Waals surface area contributed by atoms with Crippen molar-refractivity contribution >= 4 is 11.5 Å². The van der Waals surface area contributed by atoms with Gasteiger partial charge in [0.15, 0.2) is 5.78 Å². The number of aliphatic hydroxyl groups is 1. The molecule has 3 heteroatoms. The number of aliphatic hydroxyl groups excluding tert-OH is 1. The molecule has 0 heterocycles. The number of hydrogen-bond acceptors (Lipinski definition) is 3. The van der Waals surface area contributed by atoms with Crippen molar-refractivity contribution in [2.75, 3.05) is 7.11 Å². The first kappa shape index (κ1) is 11.0. The minimum absolute atomic E-state index is 0.0543. The Hall–Kier alpha value is -2.03. The summed E-state index contributed by atoms with van der Waals surface area (Å²) >= 11 is 0. The van der Waals surface area contributed by atoms with Gasteiger partial charge in [0.05, 0.1) is 13.4 Å². The summed E-state index contributed by atoms with van der Waals surface area (Å²) in [5.41, 5.74) is 0.608. The van der Waals surface area contributed by atoms with Gasteiger partial charge in [-0.25, -0.2) is 0 Å². The second-order valence-corrected chi connectivity index (χ2v) is 2.84. The molecule has 3 nitrogen and oxygen atoms in total. The summed E-state index contributed by atoms with van der Waals surface area (Å²) < 4.78 is 4.59. The quantitative estimate of drug-likeness (QED) is 0.604. The SMILES string of the molecule is CO/C=C\C(=O)/C=C(\O)c1ccccc1. The van der Waals surface area contributed by atoms with E-state index in [2.05, 4.69) is 4.74 Å². The fourth-order valence-electron chi connectivity index (χ4n) is 1.01. The first-order chi connectivity index (χ1) is 7.24. The van der Waals surface area contributed by atoms with Gasteiger partial charge in [0.2, 0.25) is 0 Å². The summed E-state index contributed by atoms with van der Waals surface area (Å²) in [4.78, 5) is 11.2. The number of benzene rings is 1. The highest BCUT2D eigenvalue weighted by atomic mass is 16.5. The molecule has 1 N–H and O–H groups in total. The molecule has 0 unspecified atom stereocenters. The average Bonchev–Trinajstić information content (AvgIpc) is 2.27. The molecule has 15 heavy (non-hydrogen) atoms. The van der Waals surface area contributed by atoms with Gasteiger partial charge in [-0.2, -0.15) is 0 Å². The van der Waals surface area contributed by atoms with Crippen LogP contribution in [0.5, 0.6) is 0 Å². The average molecular weight is 204 g/mol. The fraction of sp³-hybridized carbons (Fsp3) is 0.0833. The van der Waals surface area contributed by atoms with E-state index in [9.17, 15) is 9.90 Å². The van der Waals surface area contributed by atoms with Gasteiger partial charge in [0.1, 0.15) is 5.76 Å². The van der Waals surface area contributed by atoms with Crippen LogP contribution in [0.15, 0.2) is 48.7 Å². The zero-order valence-corrected chi connectivity index (χ0v) is 8.38. The molecule has 0 aliphatic heterocycles. The lowest BCUT2D eigenvalue weighted by atomic mass is 10.1. The third-order valence-electron chi connectivity index (χ3n) is 1.72. The van der Waals surface area contributed by atoms with Gasteiger partial charge in [-0.3, -0.25) is 4.79 Å². The van der Waals surface area contributed by atoms with E-state index in [-0.39, 0.29) is 11.5 Å². The van der Waals surface area contributed by atoms with Crippen LogP contribution in [0.3, 0.4) is 0 Å². The van der Waals surface area contributed by atoms with E-state index in [0.29, 0.717) is 5.56 Å². The Labute approximate surface area is 88.3 Å². The molecule has 0 atom stereocenters. The van der Waals surface area contributed by atoms with Gasteiger partial charge in [-0.05, 0) is 0 Å². The highest BCUT2D eigenvalue weighted by Crippen LogP contribution is 2.09. The molecule has 0 aliphatic rings. The maximum atomic E-state index is 11.2. The van der Waals surface area contributed by atoms with Crippen molar-refractivity contribution in [1.29, 1.82) is 0 Å². The van der Waals surface area contributed by atoms with Crippen molar-refractivity contribution in [3.05, 3.63) is 54.3 Å². The minimum atomic E-state index is -0.321. The van der Waals surface area contributed by atoms with Gasteiger partial charge in [0.25, 0.3) is 0 Å². The highest BCUT2D eigenvalue weighted by molar-refractivity contribution is 6.03.